The number of carbonyl (C=O) groups is 5. The molecule has 5 amide bonds. The van der Waals surface area contributed by atoms with Crippen molar-refractivity contribution in [1.29, 1.82) is 0 Å². The van der Waals surface area contributed by atoms with Crippen LogP contribution in [0.25, 0.3) is 0 Å². The van der Waals surface area contributed by atoms with E-state index >= 15 is 0 Å². The molecule has 0 unspecified atom stereocenters. The molecule has 4 atom stereocenters. The van der Waals surface area contributed by atoms with Crippen molar-refractivity contribution in [1.82, 2.24) is 30.0 Å². The van der Waals surface area contributed by atoms with E-state index in [4.69, 9.17) is 5.73 Å². The summed E-state index contributed by atoms with van der Waals surface area (Å²) >= 11 is 0. The van der Waals surface area contributed by atoms with Gasteiger partial charge in [-0.3, -0.25) is 24.0 Å². The Morgan fingerprint density at radius 1 is 1.30 bits per heavy atom. The number of rotatable bonds is 7. The Hall–Kier alpha value is -3.65. The minimum atomic E-state index is -5.19. The smallest absolute Gasteiger partial charge is 0.368 e. The predicted octanol–water partition coefficient (Wildman–Crippen LogP) is -0.765. The van der Waals surface area contributed by atoms with Gasteiger partial charge in [0.25, 0.3) is 0 Å². The molecule has 1 aromatic heterocycles. The molecule has 0 saturated carbocycles. The average molecular weight is 530 g/mol. The Morgan fingerprint density at radius 3 is 2.51 bits per heavy atom. The van der Waals surface area contributed by atoms with E-state index in [0.29, 0.717) is 5.82 Å². The van der Waals surface area contributed by atoms with Crippen LogP contribution in [-0.2, 0) is 36.1 Å². The fourth-order valence-electron chi connectivity index (χ4n) is 4.86. The lowest BCUT2D eigenvalue weighted by Crippen LogP contribution is -2.58. The van der Waals surface area contributed by atoms with Gasteiger partial charge in [-0.15, -0.1) is 0 Å². The maximum Gasteiger partial charge on any atom is 0.471 e. The predicted molar refractivity (Wildman–Crippen MR) is 121 cm³/mol. The van der Waals surface area contributed by atoms with Crippen molar-refractivity contribution in [3.8, 4) is 0 Å². The Kier molecular flexibility index (Phi) is 7.56. The molecule has 2 aliphatic heterocycles. The molecule has 0 radical (unpaired) electrons. The lowest BCUT2D eigenvalue weighted by molar-refractivity contribution is -0.175. The third-order valence-electron chi connectivity index (χ3n) is 6.73. The van der Waals surface area contributed by atoms with Crippen molar-refractivity contribution in [2.75, 3.05) is 13.6 Å². The minimum absolute atomic E-state index is 0.0957. The van der Waals surface area contributed by atoms with Crippen LogP contribution in [0.15, 0.2) is 12.4 Å². The molecule has 204 valence electrons. The molecule has 1 fully saturated rings. The van der Waals surface area contributed by atoms with Gasteiger partial charge in [0.2, 0.25) is 23.6 Å². The first kappa shape index (κ1) is 27.9. The van der Waals surface area contributed by atoms with Gasteiger partial charge >= 0.3 is 12.1 Å². The molecule has 1 spiro atoms. The number of amides is 5. The second-order valence-corrected chi connectivity index (χ2v) is 9.80. The number of fused-ring (bicyclic) bond motifs is 2. The standard InChI is InChI=1S/C22H30F3N7O5/c1-11(2)7-13(30(4)17(34)12(3)29-20(37)22(23,24)25)18(35)31-10-21(8-14(31)16(26)33)19(36)28-9-15-27-5-6-32(15)21/h5-6,11-14H,7-10H2,1-4H3,(H2,26,33)(H,28,36)(H,29,37)/t12-,13-,14-,21+/m0/s1. The normalized spacial score (nSPS) is 22.9. The number of hydrogen-bond donors (Lipinski definition) is 3. The van der Waals surface area contributed by atoms with Gasteiger partial charge in [-0.05, 0) is 19.3 Å². The number of carbonyl (C=O) groups excluding carboxylic acids is 5. The van der Waals surface area contributed by atoms with Crippen LogP contribution in [0.5, 0.6) is 0 Å². The average Bonchev–Trinajstić information content (AvgIpc) is 3.44. The van der Waals surface area contributed by atoms with Crippen molar-refractivity contribution >= 4 is 29.5 Å². The van der Waals surface area contributed by atoms with E-state index in [-0.39, 0.29) is 31.8 Å². The van der Waals surface area contributed by atoms with Crippen molar-refractivity contribution < 1.29 is 37.1 Å². The van der Waals surface area contributed by atoms with Gasteiger partial charge in [0.1, 0.15) is 29.5 Å². The van der Waals surface area contributed by atoms with Gasteiger partial charge in [0.05, 0.1) is 13.1 Å². The number of aromatic nitrogens is 2. The summed E-state index contributed by atoms with van der Waals surface area (Å²) in [4.78, 5) is 69.8. The molecule has 1 aromatic rings. The molecule has 3 heterocycles. The molecule has 4 N–H and O–H groups in total. The highest BCUT2D eigenvalue weighted by atomic mass is 19.4. The highest BCUT2D eigenvalue weighted by Gasteiger charge is 2.56. The third-order valence-corrected chi connectivity index (χ3v) is 6.73. The molecule has 0 aliphatic carbocycles. The van der Waals surface area contributed by atoms with Crippen LogP contribution in [0.3, 0.4) is 0 Å². The first-order valence-electron chi connectivity index (χ1n) is 11.6. The Labute approximate surface area is 210 Å². The number of likely N-dealkylation sites (N-methyl/N-ethyl adjacent to an activating group) is 1. The van der Waals surface area contributed by atoms with Gasteiger partial charge < -0.3 is 30.7 Å². The van der Waals surface area contributed by atoms with E-state index in [1.54, 1.807) is 29.9 Å². The van der Waals surface area contributed by atoms with E-state index in [9.17, 15) is 37.1 Å². The van der Waals surface area contributed by atoms with Crippen molar-refractivity contribution in [3.05, 3.63) is 18.2 Å². The number of nitrogens with one attached hydrogen (secondary N) is 2. The number of imidazole rings is 1. The highest BCUT2D eigenvalue weighted by Crippen LogP contribution is 2.38. The summed E-state index contributed by atoms with van der Waals surface area (Å²) in [6.45, 7) is 4.56. The molecular weight excluding hydrogens is 499 g/mol. The number of nitrogens with two attached hydrogens (primary N) is 1. The van der Waals surface area contributed by atoms with E-state index in [2.05, 4.69) is 10.3 Å². The van der Waals surface area contributed by atoms with E-state index < -0.39 is 59.4 Å². The van der Waals surface area contributed by atoms with Crippen LogP contribution < -0.4 is 16.4 Å². The Morgan fingerprint density at radius 2 is 1.95 bits per heavy atom. The topological polar surface area (TPSA) is 160 Å². The SMILES string of the molecule is CC(C)C[C@@H](C(=O)N1C[C@]2(C[C@H]1C(N)=O)C(=O)NCc1nccn12)N(C)C(=O)[C@H](C)NC(=O)C(F)(F)F. The van der Waals surface area contributed by atoms with Crippen LogP contribution in [0.1, 0.15) is 39.4 Å². The summed E-state index contributed by atoms with van der Waals surface area (Å²) in [5.41, 5.74) is 4.26. The second-order valence-electron chi connectivity index (χ2n) is 9.80. The van der Waals surface area contributed by atoms with Crippen LogP contribution in [0.2, 0.25) is 0 Å². The maximum absolute atomic E-state index is 13.8. The number of primary amides is 1. The number of hydrogen-bond acceptors (Lipinski definition) is 6. The summed E-state index contributed by atoms with van der Waals surface area (Å²) in [6.07, 6.45) is -2.14. The molecule has 12 nitrogen and oxygen atoms in total. The quantitative estimate of drug-likeness (QED) is 0.421. The Balaban J connectivity index is 1.91. The van der Waals surface area contributed by atoms with Crippen LogP contribution in [-0.4, -0.2) is 86.8 Å². The summed E-state index contributed by atoms with van der Waals surface area (Å²) in [5.74, 6) is -4.82. The van der Waals surface area contributed by atoms with Crippen molar-refractivity contribution in [3.63, 3.8) is 0 Å². The maximum atomic E-state index is 13.8. The third kappa shape index (κ3) is 5.25. The largest absolute Gasteiger partial charge is 0.471 e. The van der Waals surface area contributed by atoms with Crippen LogP contribution >= 0.6 is 0 Å². The highest BCUT2D eigenvalue weighted by molar-refractivity contribution is 5.96. The summed E-state index contributed by atoms with van der Waals surface area (Å²) in [7, 11) is 1.23. The zero-order valence-electron chi connectivity index (χ0n) is 20.8. The van der Waals surface area contributed by atoms with Gasteiger partial charge in [-0.1, -0.05) is 13.8 Å². The fraction of sp³-hybridized carbons (Fsp3) is 0.636. The van der Waals surface area contributed by atoms with Crippen molar-refractivity contribution in [2.24, 2.45) is 11.7 Å². The second kappa shape index (κ2) is 10.0. The van der Waals surface area contributed by atoms with Gasteiger partial charge in [0, 0.05) is 25.9 Å². The Bertz CT molecular complexity index is 1100. The van der Waals surface area contributed by atoms with Crippen LogP contribution in [0, 0.1) is 5.92 Å². The van der Waals surface area contributed by atoms with E-state index in [1.807, 2.05) is 0 Å². The zero-order chi connectivity index (χ0) is 27.9. The molecule has 0 bridgehead atoms. The lowest BCUT2D eigenvalue weighted by Gasteiger charge is -2.36. The first-order chi connectivity index (χ1) is 17.1. The number of likely N-dealkylation sites (tertiary alicyclic amines) is 1. The van der Waals surface area contributed by atoms with Crippen molar-refractivity contribution in [2.45, 2.75) is 70.0 Å². The molecule has 37 heavy (non-hydrogen) atoms. The van der Waals surface area contributed by atoms with Gasteiger partial charge in [0.15, 0.2) is 0 Å². The molecule has 3 rings (SSSR count). The minimum Gasteiger partial charge on any atom is -0.368 e. The monoisotopic (exact) mass is 529 g/mol. The lowest BCUT2D eigenvalue weighted by atomic mass is 9.92. The number of alkyl halides is 3. The number of nitrogens with zero attached hydrogens (tertiary/aromatic N) is 4. The van der Waals surface area contributed by atoms with E-state index in [0.717, 1.165) is 16.7 Å². The summed E-state index contributed by atoms with van der Waals surface area (Å²) in [6, 6.07) is -3.98. The van der Waals surface area contributed by atoms with Crippen LogP contribution in [0.4, 0.5) is 13.2 Å². The zero-order valence-corrected chi connectivity index (χ0v) is 20.8. The van der Waals surface area contributed by atoms with Gasteiger partial charge in [-0.2, -0.15) is 13.2 Å². The molecular formula is C22H30F3N7O5. The molecule has 0 aromatic carbocycles. The molecule has 2 aliphatic rings. The molecule has 15 heteroatoms. The molecule has 1 saturated heterocycles. The van der Waals surface area contributed by atoms with E-state index in [1.165, 1.54) is 13.2 Å². The fourth-order valence-corrected chi connectivity index (χ4v) is 4.86. The number of halogens is 3. The van der Waals surface area contributed by atoms with Gasteiger partial charge in [-0.25, -0.2) is 4.98 Å². The first-order valence-corrected chi connectivity index (χ1v) is 11.6. The summed E-state index contributed by atoms with van der Waals surface area (Å²) in [5, 5.41) is 4.30. The summed E-state index contributed by atoms with van der Waals surface area (Å²) < 4.78 is 39.6.